The Labute approximate surface area is 183 Å². The maximum absolute atomic E-state index is 12.3. The van der Waals surface area contributed by atoms with Crippen LogP contribution in [-0.4, -0.2) is 26.5 Å². The number of rotatable bonds is 9. The quantitative estimate of drug-likeness (QED) is 0.440. The summed E-state index contributed by atoms with van der Waals surface area (Å²) in [6.45, 7) is 11.7. The molecule has 0 atom stereocenters. The van der Waals surface area contributed by atoms with Crippen LogP contribution in [-0.2, 0) is 9.53 Å². The second-order valence-corrected chi connectivity index (χ2v) is 8.57. The average molecular weight is 416 g/mol. The maximum Gasteiger partial charge on any atom is 0.198 e. The Kier molecular flexibility index (Phi) is 11.3. The summed E-state index contributed by atoms with van der Waals surface area (Å²) < 4.78 is 10.9. The van der Waals surface area contributed by atoms with Gasteiger partial charge in [-0.3, -0.25) is 4.79 Å². The number of nitrogens with one attached hydrogen (secondary N) is 1. The minimum Gasteiger partial charge on any atom is -0.496 e. The molecule has 4 nitrogen and oxygen atoms in total. The highest BCUT2D eigenvalue weighted by molar-refractivity contribution is 5.96. The van der Waals surface area contributed by atoms with Crippen molar-refractivity contribution >= 4 is 17.5 Å². The first-order valence-electron chi connectivity index (χ1n) is 11.2. The summed E-state index contributed by atoms with van der Waals surface area (Å²) in [5, 5.41) is 3.41. The van der Waals surface area contributed by atoms with E-state index in [1.807, 2.05) is 24.3 Å². The Balaban J connectivity index is 0.00000103. The van der Waals surface area contributed by atoms with Crippen LogP contribution in [0, 0.1) is 5.41 Å². The largest absolute Gasteiger partial charge is 0.496 e. The van der Waals surface area contributed by atoms with E-state index in [0.29, 0.717) is 12.2 Å². The van der Waals surface area contributed by atoms with Crippen LogP contribution in [0.2, 0.25) is 0 Å². The smallest absolute Gasteiger partial charge is 0.198 e. The number of Topliss-reactive ketones (excluding diaryl/α,β-unsaturated/α-hetero) is 1. The van der Waals surface area contributed by atoms with Gasteiger partial charge in [0, 0.05) is 30.3 Å². The number of carbonyl (C=O) groups is 1. The van der Waals surface area contributed by atoms with Crippen molar-refractivity contribution in [3.8, 4) is 5.75 Å². The molecule has 1 aromatic carbocycles. The van der Waals surface area contributed by atoms with E-state index in [-0.39, 0.29) is 11.2 Å². The van der Waals surface area contributed by atoms with Gasteiger partial charge in [-0.15, -0.1) is 0 Å². The zero-order valence-electron chi connectivity index (χ0n) is 20.1. The van der Waals surface area contributed by atoms with Crippen molar-refractivity contribution in [3.63, 3.8) is 0 Å². The molecule has 0 spiro atoms. The van der Waals surface area contributed by atoms with Crippen molar-refractivity contribution < 1.29 is 14.3 Å². The lowest BCUT2D eigenvalue weighted by atomic mass is 9.76. The van der Waals surface area contributed by atoms with Crippen LogP contribution >= 0.6 is 0 Å². The molecule has 0 fully saturated rings. The Morgan fingerprint density at radius 3 is 2.27 bits per heavy atom. The average Bonchev–Trinajstić information content (AvgIpc) is 2.72. The minimum absolute atomic E-state index is 0.0457. The van der Waals surface area contributed by atoms with Crippen molar-refractivity contribution in [3.05, 3.63) is 41.2 Å². The SMILES string of the molecule is CCCC.CCCCNc1ccc(/C=C/C2=C(OC)C(=O)CC(C)(C)C2)c(OC)c1. The predicted molar refractivity (Wildman–Crippen MR) is 128 cm³/mol. The zero-order valence-corrected chi connectivity index (χ0v) is 20.1. The lowest BCUT2D eigenvalue weighted by Crippen LogP contribution is -2.26. The number of ketones is 1. The number of ether oxygens (including phenoxy) is 2. The summed E-state index contributed by atoms with van der Waals surface area (Å²) in [6.07, 6.45) is 10.3. The van der Waals surface area contributed by atoms with Crippen LogP contribution in [0.1, 0.15) is 78.7 Å². The van der Waals surface area contributed by atoms with Gasteiger partial charge in [0.05, 0.1) is 14.2 Å². The number of methoxy groups -OCH3 is 2. The molecule has 1 aliphatic carbocycles. The van der Waals surface area contributed by atoms with Crippen LogP contribution in [0.15, 0.2) is 35.6 Å². The second-order valence-electron chi connectivity index (χ2n) is 8.57. The molecule has 2 rings (SSSR count). The van der Waals surface area contributed by atoms with Crippen LogP contribution in [0.3, 0.4) is 0 Å². The second kappa shape index (κ2) is 13.1. The third-order valence-electron chi connectivity index (χ3n) is 5.11. The first-order valence-corrected chi connectivity index (χ1v) is 11.2. The standard InChI is InChI=1S/C22H31NO3.C4H10/c1-6-7-12-23-18-11-10-16(20(13-18)25-4)8-9-17-14-22(2,3)15-19(24)21(17)26-5;1-3-4-2/h8-11,13,23H,6-7,12,14-15H2,1-5H3;3-4H2,1-2H3/b9-8+;. The van der Waals surface area contributed by atoms with Gasteiger partial charge < -0.3 is 14.8 Å². The van der Waals surface area contributed by atoms with Crippen LogP contribution in [0.25, 0.3) is 6.08 Å². The van der Waals surface area contributed by atoms with Crippen molar-refractivity contribution in [2.45, 2.75) is 73.1 Å². The molecule has 0 bridgehead atoms. The third kappa shape index (κ3) is 8.25. The van der Waals surface area contributed by atoms with Crippen molar-refractivity contribution in [2.75, 3.05) is 26.1 Å². The van der Waals surface area contributed by atoms with Gasteiger partial charge in [0.1, 0.15) is 5.75 Å². The summed E-state index contributed by atoms with van der Waals surface area (Å²) in [5.41, 5.74) is 2.93. The molecule has 1 aliphatic rings. The fraction of sp³-hybridized carbons (Fsp3) is 0.577. The summed E-state index contributed by atoms with van der Waals surface area (Å²) in [4.78, 5) is 12.3. The molecule has 0 saturated carbocycles. The molecular formula is C26H41NO3. The number of carbonyl (C=O) groups excluding carboxylic acids is 1. The Bertz CT molecular complexity index is 730. The lowest BCUT2D eigenvalue weighted by molar-refractivity contribution is -0.121. The van der Waals surface area contributed by atoms with Crippen LogP contribution < -0.4 is 10.1 Å². The highest BCUT2D eigenvalue weighted by Gasteiger charge is 2.32. The summed E-state index contributed by atoms with van der Waals surface area (Å²) >= 11 is 0. The zero-order chi connectivity index (χ0) is 22.6. The number of unbranched alkanes of at least 4 members (excludes halogenated alkanes) is 2. The number of anilines is 1. The fourth-order valence-corrected chi connectivity index (χ4v) is 3.29. The van der Waals surface area contributed by atoms with E-state index in [4.69, 9.17) is 9.47 Å². The Hall–Kier alpha value is -2.23. The van der Waals surface area contributed by atoms with Gasteiger partial charge in [-0.05, 0) is 36.0 Å². The molecule has 168 valence electrons. The molecule has 0 radical (unpaired) electrons. The number of allylic oxidation sites excluding steroid dienone is 3. The summed E-state index contributed by atoms with van der Waals surface area (Å²) in [6, 6.07) is 6.10. The van der Waals surface area contributed by atoms with E-state index in [0.717, 1.165) is 48.4 Å². The van der Waals surface area contributed by atoms with E-state index in [1.165, 1.54) is 12.8 Å². The van der Waals surface area contributed by atoms with E-state index >= 15 is 0 Å². The molecule has 1 aromatic rings. The highest BCUT2D eigenvalue weighted by Crippen LogP contribution is 2.38. The van der Waals surface area contributed by atoms with Crippen molar-refractivity contribution in [2.24, 2.45) is 5.41 Å². The maximum atomic E-state index is 12.3. The molecular weight excluding hydrogens is 374 g/mol. The molecule has 0 aromatic heterocycles. The van der Waals surface area contributed by atoms with Gasteiger partial charge >= 0.3 is 0 Å². The summed E-state index contributed by atoms with van der Waals surface area (Å²) in [7, 11) is 3.24. The topological polar surface area (TPSA) is 47.6 Å². The Morgan fingerprint density at radius 1 is 1.00 bits per heavy atom. The lowest BCUT2D eigenvalue weighted by Gasteiger charge is -2.30. The first kappa shape index (κ1) is 25.8. The fourth-order valence-electron chi connectivity index (χ4n) is 3.29. The summed E-state index contributed by atoms with van der Waals surface area (Å²) in [5.74, 6) is 1.37. The van der Waals surface area contributed by atoms with E-state index in [2.05, 4.69) is 46.0 Å². The van der Waals surface area contributed by atoms with Crippen molar-refractivity contribution in [1.82, 2.24) is 0 Å². The highest BCUT2D eigenvalue weighted by atomic mass is 16.5. The van der Waals surface area contributed by atoms with Gasteiger partial charge in [0.15, 0.2) is 11.5 Å². The Morgan fingerprint density at radius 2 is 1.70 bits per heavy atom. The molecule has 4 heteroatoms. The molecule has 0 unspecified atom stereocenters. The van der Waals surface area contributed by atoms with Crippen LogP contribution in [0.5, 0.6) is 5.75 Å². The monoisotopic (exact) mass is 415 g/mol. The minimum atomic E-state index is -0.0457. The van der Waals surface area contributed by atoms with Gasteiger partial charge in [0.25, 0.3) is 0 Å². The van der Waals surface area contributed by atoms with Gasteiger partial charge in [-0.1, -0.05) is 66.0 Å². The number of hydrogen-bond donors (Lipinski definition) is 1. The van der Waals surface area contributed by atoms with Crippen molar-refractivity contribution in [1.29, 1.82) is 0 Å². The normalized spacial score (nSPS) is 15.6. The molecule has 1 N–H and O–H groups in total. The molecule has 0 heterocycles. The third-order valence-corrected chi connectivity index (χ3v) is 5.11. The molecule has 0 saturated heterocycles. The van der Waals surface area contributed by atoms with Gasteiger partial charge in [-0.2, -0.15) is 0 Å². The first-order chi connectivity index (χ1) is 14.3. The number of hydrogen-bond acceptors (Lipinski definition) is 4. The van der Waals surface area contributed by atoms with E-state index < -0.39 is 0 Å². The molecule has 0 aliphatic heterocycles. The molecule has 0 amide bonds. The van der Waals surface area contributed by atoms with Crippen LogP contribution in [0.4, 0.5) is 5.69 Å². The van der Waals surface area contributed by atoms with Gasteiger partial charge in [0.2, 0.25) is 0 Å². The number of benzene rings is 1. The van der Waals surface area contributed by atoms with Gasteiger partial charge in [-0.25, -0.2) is 0 Å². The van der Waals surface area contributed by atoms with E-state index in [1.54, 1.807) is 14.2 Å². The molecule has 30 heavy (non-hydrogen) atoms. The van der Waals surface area contributed by atoms with E-state index in [9.17, 15) is 4.79 Å². The predicted octanol–water partition coefficient (Wildman–Crippen LogP) is 7.02.